The van der Waals surface area contributed by atoms with Gasteiger partial charge in [0.1, 0.15) is 0 Å². The lowest BCUT2D eigenvalue weighted by molar-refractivity contribution is 1.21. The molecule has 0 radical (unpaired) electrons. The Kier molecular flexibility index (Phi) is 4.50. The van der Waals surface area contributed by atoms with Crippen molar-refractivity contribution >= 4 is 23.0 Å². The van der Waals surface area contributed by atoms with Crippen LogP contribution in [0.2, 0.25) is 0 Å². The highest BCUT2D eigenvalue weighted by atomic mass is 31.2. The van der Waals surface area contributed by atoms with Gasteiger partial charge in [0.15, 0.2) is 0 Å². The predicted molar refractivity (Wildman–Crippen MR) is 109 cm³/mol. The zero-order valence-corrected chi connectivity index (χ0v) is 14.9. The maximum atomic E-state index is 5.43. The lowest BCUT2D eigenvalue weighted by Crippen LogP contribution is -2.25. The molecular formula is C23H20NP. The predicted octanol–water partition coefficient (Wildman–Crippen LogP) is 5.01. The summed E-state index contributed by atoms with van der Waals surface area (Å²) in [4.78, 5) is 0. The third kappa shape index (κ3) is 3.04. The van der Waals surface area contributed by atoms with Crippen LogP contribution >= 0.6 is 7.05 Å². The fraction of sp³-hybridized carbons (Fsp3) is 0.0435. The van der Waals surface area contributed by atoms with E-state index in [2.05, 4.69) is 109 Å². The lowest BCUT2D eigenvalue weighted by Gasteiger charge is -2.27. The third-order valence-electron chi connectivity index (χ3n) is 4.42. The standard InChI is InChI=1S/C23H20NP/c1-4-14-21(15-5-1)25(22-16-6-2-7-17-22,23-18-8-3-9-19-23)24-20-12-10-11-13-20/h1-12,14-19H,13H2. The van der Waals surface area contributed by atoms with Crippen LogP contribution in [-0.4, -0.2) is 0 Å². The third-order valence-corrected chi connectivity index (χ3v) is 8.11. The maximum absolute atomic E-state index is 5.43. The van der Waals surface area contributed by atoms with E-state index in [1.165, 1.54) is 15.9 Å². The molecule has 0 unspecified atom stereocenters. The Hall–Kier alpha value is -2.63. The van der Waals surface area contributed by atoms with E-state index >= 15 is 0 Å². The van der Waals surface area contributed by atoms with Gasteiger partial charge in [0.05, 0.1) is 7.05 Å². The molecule has 0 aliphatic heterocycles. The average Bonchev–Trinajstić information content (AvgIpc) is 3.21. The number of hydrogen-bond acceptors (Lipinski definition) is 1. The summed E-state index contributed by atoms with van der Waals surface area (Å²) in [6.45, 7) is 0. The molecule has 0 spiro atoms. The Bertz CT molecular complexity index is 851. The molecule has 0 fully saturated rings. The van der Waals surface area contributed by atoms with Crippen LogP contribution in [-0.2, 0) is 0 Å². The smallest absolute Gasteiger partial charge is 0.0608 e. The zero-order chi connectivity index (χ0) is 17.0. The summed E-state index contributed by atoms with van der Waals surface area (Å²) in [6.07, 6.45) is 7.33. The number of nitrogens with zero attached hydrogens (tertiary/aromatic N) is 1. The maximum Gasteiger partial charge on any atom is 0.0608 e. The van der Waals surface area contributed by atoms with Crippen molar-refractivity contribution in [1.29, 1.82) is 0 Å². The summed E-state index contributed by atoms with van der Waals surface area (Å²) in [6, 6.07) is 32.3. The van der Waals surface area contributed by atoms with E-state index in [1.807, 2.05) is 0 Å². The van der Waals surface area contributed by atoms with E-state index in [4.69, 9.17) is 4.74 Å². The van der Waals surface area contributed by atoms with E-state index < -0.39 is 7.05 Å². The molecule has 3 aromatic carbocycles. The molecule has 122 valence electrons. The normalized spacial score (nSPS) is 13.5. The van der Waals surface area contributed by atoms with Crippen molar-refractivity contribution in [2.24, 2.45) is 4.74 Å². The number of rotatable bonds is 4. The van der Waals surface area contributed by atoms with Crippen molar-refractivity contribution in [3.63, 3.8) is 0 Å². The fourth-order valence-corrected chi connectivity index (χ4v) is 6.84. The van der Waals surface area contributed by atoms with Gasteiger partial charge in [-0.2, -0.15) is 0 Å². The monoisotopic (exact) mass is 341 g/mol. The van der Waals surface area contributed by atoms with Crippen LogP contribution in [0.25, 0.3) is 0 Å². The molecule has 4 rings (SSSR count). The van der Waals surface area contributed by atoms with Crippen molar-refractivity contribution in [1.82, 2.24) is 0 Å². The number of hydrogen-bond donors (Lipinski definition) is 0. The molecule has 3 aromatic rings. The molecule has 1 aliphatic carbocycles. The molecule has 1 nitrogen and oxygen atoms in total. The van der Waals surface area contributed by atoms with E-state index in [0.717, 1.165) is 12.1 Å². The van der Waals surface area contributed by atoms with Gasteiger partial charge in [-0.15, -0.1) is 0 Å². The molecule has 0 aromatic heterocycles. The van der Waals surface area contributed by atoms with Gasteiger partial charge in [0, 0.05) is 28.0 Å². The van der Waals surface area contributed by atoms with Gasteiger partial charge < -0.3 is 0 Å². The first-order valence-electron chi connectivity index (χ1n) is 8.54. The minimum Gasteiger partial charge on any atom is -0.258 e. The van der Waals surface area contributed by atoms with Gasteiger partial charge in [-0.1, -0.05) is 103 Å². The van der Waals surface area contributed by atoms with Crippen LogP contribution in [0, 0.1) is 0 Å². The molecule has 1 aliphatic rings. The van der Waals surface area contributed by atoms with E-state index in [1.54, 1.807) is 0 Å². The summed E-state index contributed by atoms with van der Waals surface area (Å²) >= 11 is 0. The van der Waals surface area contributed by atoms with Crippen LogP contribution < -0.4 is 15.9 Å². The first-order valence-corrected chi connectivity index (χ1v) is 10.3. The molecule has 0 amide bonds. The quantitative estimate of drug-likeness (QED) is 0.592. The van der Waals surface area contributed by atoms with Gasteiger partial charge in [0.25, 0.3) is 0 Å². The minimum absolute atomic E-state index is 0.911. The zero-order valence-electron chi connectivity index (χ0n) is 14.0. The van der Waals surface area contributed by atoms with Gasteiger partial charge in [-0.3, -0.25) is 4.74 Å². The first-order chi connectivity index (χ1) is 12.4. The Morgan fingerprint density at radius 1 is 0.600 bits per heavy atom. The minimum atomic E-state index is -2.09. The van der Waals surface area contributed by atoms with Gasteiger partial charge >= 0.3 is 0 Å². The fourth-order valence-electron chi connectivity index (χ4n) is 3.25. The van der Waals surface area contributed by atoms with E-state index in [9.17, 15) is 0 Å². The van der Waals surface area contributed by atoms with Crippen molar-refractivity contribution < 1.29 is 0 Å². The van der Waals surface area contributed by atoms with Crippen LogP contribution in [0.4, 0.5) is 0 Å². The Balaban J connectivity index is 2.09. The first kappa shape index (κ1) is 15.9. The van der Waals surface area contributed by atoms with Crippen molar-refractivity contribution in [3.8, 4) is 0 Å². The summed E-state index contributed by atoms with van der Waals surface area (Å²) in [5.74, 6) is 0. The lowest BCUT2D eigenvalue weighted by atomic mass is 10.4. The van der Waals surface area contributed by atoms with Crippen LogP contribution in [0.15, 0.2) is 120 Å². The summed E-state index contributed by atoms with van der Waals surface area (Å²) < 4.78 is 5.43. The van der Waals surface area contributed by atoms with Crippen molar-refractivity contribution in [2.45, 2.75) is 6.42 Å². The largest absolute Gasteiger partial charge is 0.258 e. The molecule has 0 bridgehead atoms. The second-order valence-corrected chi connectivity index (χ2v) is 9.05. The highest BCUT2D eigenvalue weighted by Gasteiger charge is 2.27. The summed E-state index contributed by atoms with van der Waals surface area (Å²) in [5, 5.41) is 3.88. The van der Waals surface area contributed by atoms with Crippen LogP contribution in [0.1, 0.15) is 6.42 Å². The molecular weight excluding hydrogens is 321 g/mol. The molecule has 0 heterocycles. The Morgan fingerprint density at radius 2 is 1.04 bits per heavy atom. The average molecular weight is 341 g/mol. The Labute approximate surface area is 149 Å². The highest BCUT2D eigenvalue weighted by Crippen LogP contribution is 2.48. The number of allylic oxidation sites excluding steroid dienone is 3. The molecule has 0 saturated carbocycles. The van der Waals surface area contributed by atoms with E-state index in [-0.39, 0.29) is 0 Å². The van der Waals surface area contributed by atoms with Gasteiger partial charge in [-0.25, -0.2) is 0 Å². The van der Waals surface area contributed by atoms with Crippen molar-refractivity contribution in [3.05, 3.63) is 115 Å². The van der Waals surface area contributed by atoms with Crippen LogP contribution in [0.3, 0.4) is 0 Å². The Morgan fingerprint density at radius 3 is 1.40 bits per heavy atom. The molecule has 0 N–H and O–H groups in total. The highest BCUT2D eigenvalue weighted by molar-refractivity contribution is 7.87. The molecule has 0 saturated heterocycles. The summed E-state index contributed by atoms with van der Waals surface area (Å²) in [5.41, 5.74) is 1.16. The van der Waals surface area contributed by atoms with Gasteiger partial charge in [-0.05, 0) is 6.08 Å². The van der Waals surface area contributed by atoms with Crippen molar-refractivity contribution in [2.75, 3.05) is 0 Å². The SMILES string of the molecule is C1=CCC(N=P(c2ccccc2)(c2ccccc2)c2ccccc2)=C1. The van der Waals surface area contributed by atoms with E-state index in [0.29, 0.717) is 0 Å². The molecule has 0 atom stereocenters. The summed E-state index contributed by atoms with van der Waals surface area (Å²) in [7, 11) is -2.09. The van der Waals surface area contributed by atoms with Gasteiger partial charge in [0.2, 0.25) is 0 Å². The number of benzene rings is 3. The topological polar surface area (TPSA) is 12.4 Å². The second kappa shape index (κ2) is 7.09. The molecule has 25 heavy (non-hydrogen) atoms. The second-order valence-electron chi connectivity index (χ2n) is 6.03. The van der Waals surface area contributed by atoms with Crippen LogP contribution in [0.5, 0.6) is 0 Å². The molecule has 2 heteroatoms.